The van der Waals surface area contributed by atoms with Crippen molar-refractivity contribution < 1.29 is 58.8 Å². The number of fused-ring (bicyclic) bond motifs is 4. The highest BCUT2D eigenvalue weighted by Gasteiger charge is 2.78. The topological polar surface area (TPSA) is 201 Å². The van der Waals surface area contributed by atoms with Gasteiger partial charge in [-0.3, -0.25) is 4.79 Å². The highest BCUT2D eigenvalue weighted by Crippen LogP contribution is 2.64. The Kier molecular flexibility index (Phi) is 10.7. The van der Waals surface area contributed by atoms with Crippen molar-refractivity contribution in [3.05, 3.63) is 48.3 Å². The maximum absolute atomic E-state index is 12.8. The van der Waals surface area contributed by atoms with E-state index in [2.05, 4.69) is 19.2 Å². The Morgan fingerprint density at radius 3 is 2.60 bits per heavy atom. The largest absolute Gasteiger partial charge is 0.485 e. The molecule has 13 heteroatoms. The summed E-state index contributed by atoms with van der Waals surface area (Å²) in [5.74, 6) is -2.19. The summed E-state index contributed by atoms with van der Waals surface area (Å²) in [5, 5.41) is 73.4. The summed E-state index contributed by atoms with van der Waals surface area (Å²) in [6.07, 6.45) is 3.73. The molecule has 2 fully saturated rings. The zero-order valence-corrected chi connectivity index (χ0v) is 28.9. The average molecular weight is 702 g/mol. The summed E-state index contributed by atoms with van der Waals surface area (Å²) in [5.41, 5.74) is -5.23. The van der Waals surface area contributed by atoms with Crippen LogP contribution < -0.4 is 14.8 Å². The van der Waals surface area contributed by atoms with Crippen LogP contribution in [0.5, 0.6) is 11.5 Å². The summed E-state index contributed by atoms with van der Waals surface area (Å²) in [7, 11) is 0. The molecule has 50 heavy (non-hydrogen) atoms. The first-order chi connectivity index (χ1) is 24.0. The number of hydrogen-bond donors (Lipinski definition) is 7. The second-order valence-corrected chi connectivity index (χ2v) is 14.4. The first-order valence-electron chi connectivity index (χ1n) is 17.7. The molecular weight excluding hydrogens is 650 g/mol. The third-order valence-corrected chi connectivity index (χ3v) is 11.1. The van der Waals surface area contributed by atoms with E-state index in [9.17, 15) is 35.4 Å². The molecule has 2 aromatic rings. The SMILES string of the molecule is CCOC(=O)CCc1cc2ccoc2c(OCCNCCCC(C)C)c1O[C@@H]1O[C@H](CO)[C@]2(O)[C@H](O)[C@@]1(O)[C@@H]1[C@H]3C=C[C@@H](O)[C@]1(CO)C=C[C@H]32. The number of furan rings is 1. The molecule has 10 atom stereocenters. The van der Waals surface area contributed by atoms with Gasteiger partial charge in [-0.25, -0.2) is 0 Å². The number of rotatable bonds is 16. The van der Waals surface area contributed by atoms with Gasteiger partial charge in [-0.2, -0.15) is 0 Å². The molecule has 0 unspecified atom stereocenters. The maximum atomic E-state index is 12.8. The van der Waals surface area contributed by atoms with E-state index in [0.717, 1.165) is 19.4 Å². The summed E-state index contributed by atoms with van der Waals surface area (Å²) in [6.45, 7) is 6.47. The Balaban J connectivity index is 1.41. The Hall–Kier alpha value is -3.01. The van der Waals surface area contributed by atoms with E-state index in [4.69, 9.17) is 23.4 Å². The minimum absolute atomic E-state index is 0.0103. The van der Waals surface area contributed by atoms with Crippen LogP contribution in [-0.4, -0.2) is 112 Å². The number of nitrogens with one attached hydrogen (secondary N) is 1. The van der Waals surface area contributed by atoms with Crippen LogP contribution in [0.25, 0.3) is 11.0 Å². The number of aryl methyl sites for hydroxylation is 1. The normalized spacial score (nSPS) is 35.4. The average Bonchev–Trinajstić information content (AvgIpc) is 3.57. The van der Waals surface area contributed by atoms with Crippen molar-refractivity contribution in [1.82, 2.24) is 5.32 Å². The lowest BCUT2D eigenvalue weighted by Gasteiger charge is -2.69. The van der Waals surface area contributed by atoms with Crippen LogP contribution in [0.3, 0.4) is 0 Å². The molecule has 1 aliphatic heterocycles. The lowest BCUT2D eigenvalue weighted by Crippen LogP contribution is -2.85. The first kappa shape index (κ1) is 36.8. The van der Waals surface area contributed by atoms with Gasteiger partial charge in [0.25, 0.3) is 0 Å². The van der Waals surface area contributed by atoms with Gasteiger partial charge in [0.05, 0.1) is 32.2 Å². The maximum Gasteiger partial charge on any atom is 0.306 e. The second kappa shape index (κ2) is 14.5. The molecule has 1 aromatic carbocycles. The van der Waals surface area contributed by atoms with Crippen LogP contribution >= 0.6 is 0 Å². The minimum Gasteiger partial charge on any atom is -0.485 e. The van der Waals surface area contributed by atoms with Gasteiger partial charge in [0.2, 0.25) is 12.0 Å². The summed E-state index contributed by atoms with van der Waals surface area (Å²) in [6, 6.07) is 3.51. The number of ether oxygens (including phenoxy) is 4. The van der Waals surface area contributed by atoms with E-state index in [1.165, 1.54) is 12.3 Å². The molecule has 4 aliphatic rings. The van der Waals surface area contributed by atoms with Crippen molar-refractivity contribution in [3.8, 4) is 11.5 Å². The molecular formula is C37H51NO12. The minimum atomic E-state index is -2.44. The monoisotopic (exact) mass is 701 g/mol. The summed E-state index contributed by atoms with van der Waals surface area (Å²) in [4.78, 5) is 12.5. The third-order valence-electron chi connectivity index (χ3n) is 11.1. The van der Waals surface area contributed by atoms with E-state index in [0.29, 0.717) is 29.0 Å². The Morgan fingerprint density at radius 1 is 1.08 bits per heavy atom. The molecule has 6 bridgehead atoms. The van der Waals surface area contributed by atoms with Crippen LogP contribution in [0.2, 0.25) is 0 Å². The molecule has 1 saturated carbocycles. The Morgan fingerprint density at radius 2 is 1.88 bits per heavy atom. The fourth-order valence-electron chi connectivity index (χ4n) is 8.65. The molecule has 276 valence electrons. The van der Waals surface area contributed by atoms with E-state index in [1.807, 2.05) is 0 Å². The number of hydrogen-bond acceptors (Lipinski definition) is 13. The van der Waals surface area contributed by atoms with Gasteiger partial charge in [-0.1, -0.05) is 38.2 Å². The van der Waals surface area contributed by atoms with Gasteiger partial charge >= 0.3 is 5.97 Å². The molecule has 2 heterocycles. The number of allylic oxidation sites excluding steroid dienone is 1. The van der Waals surface area contributed by atoms with Crippen LogP contribution in [-0.2, 0) is 20.7 Å². The molecule has 13 nitrogen and oxygen atoms in total. The highest BCUT2D eigenvalue weighted by molar-refractivity contribution is 5.87. The van der Waals surface area contributed by atoms with Gasteiger partial charge < -0.3 is 59.3 Å². The van der Waals surface area contributed by atoms with Crippen LogP contribution in [0.15, 0.2) is 47.1 Å². The van der Waals surface area contributed by atoms with Crippen LogP contribution in [0.1, 0.15) is 45.6 Å². The van der Waals surface area contributed by atoms with Crippen LogP contribution in [0.4, 0.5) is 0 Å². The molecule has 7 N–H and O–H groups in total. The molecule has 1 saturated heterocycles. The van der Waals surface area contributed by atoms with Crippen molar-refractivity contribution in [2.24, 2.45) is 29.1 Å². The lowest BCUT2D eigenvalue weighted by atomic mass is 9.42. The van der Waals surface area contributed by atoms with Gasteiger partial charge in [-0.15, -0.1) is 0 Å². The molecule has 3 aliphatic carbocycles. The fraction of sp³-hybridized carbons (Fsp3) is 0.649. The zero-order chi connectivity index (χ0) is 35.8. The van der Waals surface area contributed by atoms with Gasteiger partial charge in [0.15, 0.2) is 16.9 Å². The molecule has 0 radical (unpaired) electrons. The third kappa shape index (κ3) is 5.95. The number of carbonyl (C=O) groups excluding carboxylic acids is 1. The number of benzene rings is 1. The fourth-order valence-corrected chi connectivity index (χ4v) is 8.65. The molecule has 6 rings (SSSR count). The molecule has 0 amide bonds. The van der Waals surface area contributed by atoms with Gasteiger partial charge in [0, 0.05) is 35.6 Å². The Labute approximate surface area is 291 Å². The number of carbonyl (C=O) groups is 1. The summed E-state index contributed by atoms with van der Waals surface area (Å²) >= 11 is 0. The predicted octanol–water partition coefficient (Wildman–Crippen LogP) is 1.59. The van der Waals surface area contributed by atoms with Crippen molar-refractivity contribution in [2.75, 3.05) is 39.5 Å². The predicted molar refractivity (Wildman–Crippen MR) is 180 cm³/mol. The smallest absolute Gasteiger partial charge is 0.306 e. The van der Waals surface area contributed by atoms with Crippen LogP contribution in [0, 0.1) is 29.1 Å². The highest BCUT2D eigenvalue weighted by atomic mass is 16.7. The second-order valence-electron chi connectivity index (χ2n) is 14.4. The van der Waals surface area contributed by atoms with E-state index < -0.39 is 78.2 Å². The molecule has 1 aromatic heterocycles. The standard InChI is InChI=1S/C37H51NO12/c1-4-46-28(42)10-7-22-18-23-12-16-47-29(23)31(48-17-15-38-14-5-6-21(2)3)30(22)50-34-37(45)32-24-8-9-26(41)35(32,20-40)13-11-25(24)36(44,33(37)43)27(19-39)49-34/h8-9,11-13,16,18,21,24-27,32-34,38-41,43-45H,4-7,10,14-15,17,19-20H2,1-3H3/t24-,25+,26+,27+,32+,33-,34-,35+,36-,37-/m0/s1. The van der Waals surface area contributed by atoms with Crippen molar-refractivity contribution >= 4 is 16.9 Å². The van der Waals surface area contributed by atoms with Gasteiger partial charge in [-0.05, 0) is 62.3 Å². The quantitative estimate of drug-likeness (QED) is 0.0757. The van der Waals surface area contributed by atoms with E-state index >= 15 is 0 Å². The summed E-state index contributed by atoms with van der Waals surface area (Å²) < 4.78 is 30.2. The number of aliphatic hydroxyl groups is 6. The number of aliphatic hydroxyl groups excluding tert-OH is 4. The van der Waals surface area contributed by atoms with Crippen molar-refractivity contribution in [2.45, 2.75) is 82.3 Å². The van der Waals surface area contributed by atoms with E-state index in [1.54, 1.807) is 37.3 Å². The first-order valence-corrected chi connectivity index (χ1v) is 17.7. The number of esters is 1. The molecule has 0 spiro atoms. The lowest BCUT2D eigenvalue weighted by molar-refractivity contribution is -0.408. The van der Waals surface area contributed by atoms with Crippen molar-refractivity contribution in [3.63, 3.8) is 0 Å². The zero-order valence-electron chi connectivity index (χ0n) is 28.9. The van der Waals surface area contributed by atoms with Gasteiger partial charge in [0.1, 0.15) is 24.4 Å². The Bertz CT molecular complexity index is 1570. The van der Waals surface area contributed by atoms with Crippen molar-refractivity contribution in [1.29, 1.82) is 0 Å². The van der Waals surface area contributed by atoms with E-state index in [-0.39, 0.29) is 37.6 Å².